The normalized spacial score (nSPS) is 10.9. The number of anilines is 1. The number of rotatable bonds is 11. The Bertz CT molecular complexity index is 1330. The molecular weight excluding hydrogens is 472 g/mol. The van der Waals surface area contributed by atoms with Gasteiger partial charge in [0.25, 0.3) is 5.91 Å². The van der Waals surface area contributed by atoms with Crippen molar-refractivity contribution in [1.29, 1.82) is 0 Å². The predicted molar refractivity (Wildman–Crippen MR) is 153 cm³/mol. The number of aromatic nitrogens is 2. The molecule has 0 fully saturated rings. The molecule has 0 aliphatic heterocycles. The molecule has 0 saturated carbocycles. The zero-order chi connectivity index (χ0) is 26.9. The largest absolute Gasteiger partial charge is 0.329 e. The van der Waals surface area contributed by atoms with E-state index in [9.17, 15) is 9.59 Å². The number of benzene rings is 3. The molecule has 0 bridgehead atoms. The Morgan fingerprint density at radius 1 is 0.921 bits per heavy atom. The molecule has 0 radical (unpaired) electrons. The molecule has 0 atom stereocenters. The number of unbranched alkanes of at least 4 members (excludes halogenated alkanes) is 1. The van der Waals surface area contributed by atoms with Crippen LogP contribution in [0.3, 0.4) is 0 Å². The van der Waals surface area contributed by atoms with Gasteiger partial charge in [0.05, 0.1) is 11.4 Å². The predicted octanol–water partition coefficient (Wildman–Crippen LogP) is 6.62. The van der Waals surface area contributed by atoms with E-state index in [2.05, 4.69) is 12.2 Å². The minimum Gasteiger partial charge on any atom is -0.329 e. The lowest BCUT2D eigenvalue weighted by atomic mass is 10.1. The summed E-state index contributed by atoms with van der Waals surface area (Å²) < 4.78 is 1.73. The van der Waals surface area contributed by atoms with E-state index in [0.29, 0.717) is 17.9 Å². The fourth-order valence-corrected chi connectivity index (χ4v) is 4.38. The molecule has 1 N–H and O–H groups in total. The first-order valence-corrected chi connectivity index (χ1v) is 13.3. The summed E-state index contributed by atoms with van der Waals surface area (Å²) in [6, 6.07) is 29.2. The van der Waals surface area contributed by atoms with Gasteiger partial charge in [0.1, 0.15) is 12.4 Å². The average Bonchev–Trinajstić information content (AvgIpc) is 3.35. The summed E-state index contributed by atoms with van der Waals surface area (Å²) in [5.41, 5.74) is 4.36. The van der Waals surface area contributed by atoms with Gasteiger partial charge in [-0.15, -0.1) is 0 Å². The lowest BCUT2D eigenvalue weighted by Gasteiger charge is -2.24. The maximum absolute atomic E-state index is 13.4. The van der Waals surface area contributed by atoms with E-state index in [1.807, 2.05) is 105 Å². The number of carbonyl (C=O) groups excluding carboxylic acids is 2. The van der Waals surface area contributed by atoms with Crippen molar-refractivity contribution in [3.63, 3.8) is 0 Å². The van der Waals surface area contributed by atoms with Gasteiger partial charge in [-0.05, 0) is 48.6 Å². The van der Waals surface area contributed by atoms with Gasteiger partial charge in [-0.3, -0.25) is 9.59 Å². The van der Waals surface area contributed by atoms with Crippen LogP contribution >= 0.6 is 0 Å². The quantitative estimate of drug-likeness (QED) is 0.248. The summed E-state index contributed by atoms with van der Waals surface area (Å²) in [6.45, 7) is 6.69. The summed E-state index contributed by atoms with van der Waals surface area (Å²) in [7, 11) is 0. The smallest absolute Gasteiger partial charge is 0.254 e. The standard InChI is InChI=1S/C32H36N4O2/c1-4-5-12-25-17-19-27(20-18-25)32(38)35(22-24(2)3)23-31(37)33-30-21-29(26-13-8-6-9-14-26)34-36(30)28-15-10-7-11-16-28/h6-11,13-21,24H,4-5,12,22-23H2,1-3H3,(H,33,37). The maximum atomic E-state index is 13.4. The Morgan fingerprint density at radius 2 is 1.58 bits per heavy atom. The Labute approximate surface area is 225 Å². The second-order valence-electron chi connectivity index (χ2n) is 9.96. The molecule has 38 heavy (non-hydrogen) atoms. The van der Waals surface area contributed by atoms with Crippen LogP contribution in [0.2, 0.25) is 0 Å². The second-order valence-corrected chi connectivity index (χ2v) is 9.96. The summed E-state index contributed by atoms with van der Waals surface area (Å²) in [6.07, 6.45) is 3.26. The van der Waals surface area contributed by atoms with Crippen molar-refractivity contribution in [3.8, 4) is 16.9 Å². The molecule has 2 amide bonds. The first-order valence-electron chi connectivity index (χ1n) is 13.3. The highest BCUT2D eigenvalue weighted by molar-refractivity contribution is 5.99. The Balaban J connectivity index is 1.54. The van der Waals surface area contributed by atoms with Crippen LogP contribution in [0, 0.1) is 5.92 Å². The average molecular weight is 509 g/mol. The fourth-order valence-electron chi connectivity index (χ4n) is 4.38. The van der Waals surface area contributed by atoms with Gasteiger partial charge in [0.15, 0.2) is 0 Å². The molecule has 1 heterocycles. The molecule has 6 nitrogen and oxygen atoms in total. The van der Waals surface area contributed by atoms with E-state index < -0.39 is 0 Å². The molecule has 6 heteroatoms. The number of carbonyl (C=O) groups is 2. The molecule has 0 unspecified atom stereocenters. The zero-order valence-corrected chi connectivity index (χ0v) is 22.4. The number of aryl methyl sites for hydroxylation is 1. The van der Waals surface area contributed by atoms with E-state index in [-0.39, 0.29) is 24.3 Å². The molecular formula is C32H36N4O2. The van der Waals surface area contributed by atoms with Crippen molar-refractivity contribution in [2.75, 3.05) is 18.4 Å². The maximum Gasteiger partial charge on any atom is 0.254 e. The van der Waals surface area contributed by atoms with Crippen LogP contribution in [0.4, 0.5) is 5.82 Å². The van der Waals surface area contributed by atoms with Crippen LogP contribution in [-0.2, 0) is 11.2 Å². The number of amides is 2. The molecule has 196 valence electrons. The van der Waals surface area contributed by atoms with Gasteiger partial charge in [-0.2, -0.15) is 5.10 Å². The molecule has 4 rings (SSSR count). The van der Waals surface area contributed by atoms with Gasteiger partial charge < -0.3 is 10.2 Å². The summed E-state index contributed by atoms with van der Waals surface area (Å²) in [4.78, 5) is 28.3. The van der Waals surface area contributed by atoms with Crippen molar-refractivity contribution >= 4 is 17.6 Å². The van der Waals surface area contributed by atoms with Crippen LogP contribution in [-0.4, -0.2) is 39.6 Å². The minimum absolute atomic E-state index is 0.0464. The van der Waals surface area contributed by atoms with Gasteiger partial charge in [0.2, 0.25) is 5.91 Å². The first kappa shape index (κ1) is 26.9. The third-order valence-electron chi connectivity index (χ3n) is 6.27. The first-order chi connectivity index (χ1) is 18.4. The highest BCUT2D eigenvalue weighted by Crippen LogP contribution is 2.25. The van der Waals surface area contributed by atoms with E-state index in [1.165, 1.54) is 5.56 Å². The van der Waals surface area contributed by atoms with Crippen molar-refractivity contribution in [2.45, 2.75) is 40.0 Å². The number of hydrogen-bond donors (Lipinski definition) is 1. The Hall–Kier alpha value is -4.19. The highest BCUT2D eigenvalue weighted by Gasteiger charge is 2.21. The molecule has 4 aromatic rings. The number of para-hydroxylation sites is 1. The van der Waals surface area contributed by atoms with Crippen LogP contribution in [0.1, 0.15) is 49.5 Å². The van der Waals surface area contributed by atoms with Crippen molar-refractivity contribution in [1.82, 2.24) is 14.7 Å². The summed E-state index contributed by atoms with van der Waals surface area (Å²) in [5.74, 6) is 0.361. The molecule has 0 spiro atoms. The van der Waals surface area contributed by atoms with Gasteiger partial charge in [-0.25, -0.2) is 4.68 Å². The third kappa shape index (κ3) is 6.97. The minimum atomic E-state index is -0.268. The molecule has 1 aromatic heterocycles. The van der Waals surface area contributed by atoms with Gasteiger partial charge >= 0.3 is 0 Å². The topological polar surface area (TPSA) is 67.2 Å². The summed E-state index contributed by atoms with van der Waals surface area (Å²) >= 11 is 0. The lowest BCUT2D eigenvalue weighted by Crippen LogP contribution is -2.40. The van der Waals surface area contributed by atoms with Crippen LogP contribution in [0.5, 0.6) is 0 Å². The zero-order valence-electron chi connectivity index (χ0n) is 22.4. The monoisotopic (exact) mass is 508 g/mol. The van der Waals surface area contributed by atoms with Crippen LogP contribution in [0.25, 0.3) is 16.9 Å². The van der Waals surface area contributed by atoms with E-state index in [4.69, 9.17) is 5.10 Å². The Kier molecular flexibility index (Phi) is 9.09. The lowest BCUT2D eigenvalue weighted by molar-refractivity contribution is -0.117. The molecule has 3 aromatic carbocycles. The van der Waals surface area contributed by atoms with E-state index in [0.717, 1.165) is 36.2 Å². The van der Waals surface area contributed by atoms with Crippen molar-refractivity contribution < 1.29 is 9.59 Å². The van der Waals surface area contributed by atoms with Crippen LogP contribution < -0.4 is 5.32 Å². The SMILES string of the molecule is CCCCc1ccc(C(=O)N(CC(=O)Nc2cc(-c3ccccc3)nn2-c2ccccc2)CC(C)C)cc1. The number of nitrogens with zero attached hydrogens (tertiary/aromatic N) is 3. The number of nitrogens with one attached hydrogen (secondary N) is 1. The fraction of sp³-hybridized carbons (Fsp3) is 0.281. The highest BCUT2D eigenvalue weighted by atomic mass is 16.2. The number of hydrogen-bond acceptors (Lipinski definition) is 3. The molecule has 0 aliphatic rings. The van der Waals surface area contributed by atoms with Gasteiger partial charge in [-0.1, -0.05) is 87.9 Å². The van der Waals surface area contributed by atoms with E-state index in [1.54, 1.807) is 9.58 Å². The van der Waals surface area contributed by atoms with Crippen molar-refractivity contribution in [2.24, 2.45) is 5.92 Å². The molecule has 0 saturated heterocycles. The van der Waals surface area contributed by atoms with Crippen LogP contribution in [0.15, 0.2) is 91.0 Å². The van der Waals surface area contributed by atoms with Crippen molar-refractivity contribution in [3.05, 3.63) is 102 Å². The van der Waals surface area contributed by atoms with E-state index >= 15 is 0 Å². The van der Waals surface area contributed by atoms with Gasteiger partial charge in [0, 0.05) is 23.7 Å². The molecule has 0 aliphatic carbocycles. The summed E-state index contributed by atoms with van der Waals surface area (Å²) in [5, 5.41) is 7.77. The third-order valence-corrected chi connectivity index (χ3v) is 6.27. The second kappa shape index (κ2) is 12.9. The Morgan fingerprint density at radius 3 is 2.21 bits per heavy atom.